The third kappa shape index (κ3) is 3.67. The lowest BCUT2D eigenvalue weighted by Crippen LogP contribution is -2.24. The van der Waals surface area contributed by atoms with E-state index in [0.717, 1.165) is 25.1 Å². The number of hydrogen-bond acceptors (Lipinski definition) is 3. The molecule has 1 N–H and O–H groups in total. The summed E-state index contributed by atoms with van der Waals surface area (Å²) in [6.07, 6.45) is 4.13. The van der Waals surface area contributed by atoms with Crippen LogP contribution in [0, 0.1) is 0 Å². The molecule has 1 atom stereocenters. The van der Waals surface area contributed by atoms with Crippen molar-refractivity contribution < 1.29 is 0 Å². The third-order valence-corrected chi connectivity index (χ3v) is 4.41. The zero-order chi connectivity index (χ0) is 13.0. The van der Waals surface area contributed by atoms with Gasteiger partial charge in [-0.3, -0.25) is 4.68 Å². The summed E-state index contributed by atoms with van der Waals surface area (Å²) in [6, 6.07) is 6.68. The molecule has 0 radical (unpaired) electrons. The fraction of sp³-hybridized carbons (Fsp3) is 0.462. The zero-order valence-electron chi connectivity index (χ0n) is 10.7. The average Bonchev–Trinajstić information content (AvgIpc) is 2.93. The van der Waals surface area contributed by atoms with Gasteiger partial charge in [-0.1, -0.05) is 6.92 Å². The highest BCUT2D eigenvalue weighted by Gasteiger charge is 2.15. The van der Waals surface area contributed by atoms with Crippen LogP contribution in [0.4, 0.5) is 0 Å². The van der Waals surface area contributed by atoms with Crippen molar-refractivity contribution in [2.24, 2.45) is 7.05 Å². The molecule has 0 aliphatic rings. The molecule has 18 heavy (non-hydrogen) atoms. The van der Waals surface area contributed by atoms with Crippen LogP contribution in [0.1, 0.15) is 30.0 Å². The van der Waals surface area contributed by atoms with Crippen LogP contribution in [0.25, 0.3) is 0 Å². The van der Waals surface area contributed by atoms with E-state index in [1.54, 1.807) is 11.3 Å². The van der Waals surface area contributed by atoms with E-state index >= 15 is 0 Å². The molecule has 98 valence electrons. The van der Waals surface area contributed by atoms with Gasteiger partial charge in [-0.15, -0.1) is 11.3 Å². The maximum atomic E-state index is 4.51. The lowest BCUT2D eigenvalue weighted by Gasteiger charge is -2.15. The molecular weight excluding hydrogens is 310 g/mol. The van der Waals surface area contributed by atoms with Crippen LogP contribution >= 0.6 is 27.3 Å². The summed E-state index contributed by atoms with van der Waals surface area (Å²) in [6.45, 7) is 3.21. The standard InChI is InChI=1S/C13H18BrN3S/c1-3-7-15-12(11-6-8-17(2)16-11)9-10-4-5-13(14)18-10/h4-6,8,12,15H,3,7,9H2,1-2H3. The van der Waals surface area contributed by atoms with E-state index in [2.05, 4.69) is 51.5 Å². The topological polar surface area (TPSA) is 29.9 Å². The van der Waals surface area contributed by atoms with Crippen molar-refractivity contribution in [3.05, 3.63) is 38.8 Å². The Morgan fingerprint density at radius 1 is 1.44 bits per heavy atom. The highest BCUT2D eigenvalue weighted by Crippen LogP contribution is 2.26. The summed E-state index contributed by atoms with van der Waals surface area (Å²) >= 11 is 5.31. The van der Waals surface area contributed by atoms with E-state index in [1.165, 1.54) is 8.66 Å². The van der Waals surface area contributed by atoms with Gasteiger partial charge in [0.25, 0.3) is 0 Å². The van der Waals surface area contributed by atoms with Gasteiger partial charge in [0.15, 0.2) is 0 Å². The number of nitrogens with one attached hydrogen (secondary N) is 1. The normalized spacial score (nSPS) is 12.8. The number of nitrogens with zero attached hydrogens (tertiary/aromatic N) is 2. The Labute approximate surface area is 120 Å². The predicted octanol–water partition coefficient (Wildman–Crippen LogP) is 3.53. The maximum Gasteiger partial charge on any atom is 0.0797 e. The highest BCUT2D eigenvalue weighted by molar-refractivity contribution is 9.11. The smallest absolute Gasteiger partial charge is 0.0797 e. The summed E-state index contributed by atoms with van der Waals surface area (Å²) in [4.78, 5) is 1.38. The second-order valence-electron chi connectivity index (χ2n) is 4.33. The summed E-state index contributed by atoms with van der Waals surface area (Å²) < 4.78 is 3.05. The van der Waals surface area contributed by atoms with Crippen LogP contribution in [-0.2, 0) is 13.5 Å². The Kier molecular flexibility index (Phi) is 4.97. The molecule has 2 aromatic heterocycles. The highest BCUT2D eigenvalue weighted by atomic mass is 79.9. The number of aryl methyl sites for hydroxylation is 1. The van der Waals surface area contributed by atoms with Crippen LogP contribution in [0.15, 0.2) is 28.2 Å². The Morgan fingerprint density at radius 2 is 2.28 bits per heavy atom. The molecule has 0 bridgehead atoms. The van der Waals surface area contributed by atoms with Gasteiger partial charge in [0.2, 0.25) is 0 Å². The van der Waals surface area contributed by atoms with Crippen molar-refractivity contribution in [3.63, 3.8) is 0 Å². The lowest BCUT2D eigenvalue weighted by atomic mass is 10.1. The van der Waals surface area contributed by atoms with E-state index in [1.807, 2.05) is 17.9 Å². The third-order valence-electron chi connectivity index (χ3n) is 2.77. The summed E-state index contributed by atoms with van der Waals surface area (Å²) in [7, 11) is 1.96. The first-order chi connectivity index (χ1) is 8.69. The summed E-state index contributed by atoms with van der Waals surface area (Å²) in [5, 5.41) is 8.09. The van der Waals surface area contributed by atoms with Crippen molar-refractivity contribution in [2.75, 3.05) is 6.54 Å². The van der Waals surface area contributed by atoms with E-state index < -0.39 is 0 Å². The van der Waals surface area contributed by atoms with Gasteiger partial charge in [-0.05, 0) is 47.1 Å². The molecule has 1 unspecified atom stereocenters. The maximum absolute atomic E-state index is 4.51. The number of hydrogen-bond donors (Lipinski definition) is 1. The average molecular weight is 328 g/mol. The van der Waals surface area contributed by atoms with Crippen molar-refractivity contribution >= 4 is 27.3 Å². The quantitative estimate of drug-likeness (QED) is 0.879. The minimum Gasteiger partial charge on any atom is -0.308 e. The Balaban J connectivity index is 2.09. The molecule has 0 aliphatic carbocycles. The van der Waals surface area contributed by atoms with Crippen LogP contribution < -0.4 is 5.32 Å². The molecule has 5 heteroatoms. The minimum absolute atomic E-state index is 0.302. The van der Waals surface area contributed by atoms with Gasteiger partial charge in [-0.2, -0.15) is 5.10 Å². The van der Waals surface area contributed by atoms with E-state index in [9.17, 15) is 0 Å². The van der Waals surface area contributed by atoms with Crippen molar-refractivity contribution in [1.82, 2.24) is 15.1 Å². The van der Waals surface area contributed by atoms with Crippen LogP contribution in [0.5, 0.6) is 0 Å². The van der Waals surface area contributed by atoms with Gasteiger partial charge in [0.05, 0.1) is 15.5 Å². The second-order valence-corrected chi connectivity index (χ2v) is 6.88. The van der Waals surface area contributed by atoms with Crippen LogP contribution in [0.2, 0.25) is 0 Å². The molecule has 2 aromatic rings. The van der Waals surface area contributed by atoms with Crippen molar-refractivity contribution in [2.45, 2.75) is 25.8 Å². The van der Waals surface area contributed by atoms with Gasteiger partial charge < -0.3 is 5.32 Å². The Hall–Kier alpha value is -0.650. The van der Waals surface area contributed by atoms with Crippen LogP contribution in [-0.4, -0.2) is 16.3 Å². The molecular formula is C13H18BrN3S. The molecule has 3 nitrogen and oxygen atoms in total. The first-order valence-electron chi connectivity index (χ1n) is 6.16. The first kappa shape index (κ1) is 13.8. The molecule has 0 aromatic carbocycles. The van der Waals surface area contributed by atoms with Gasteiger partial charge >= 0.3 is 0 Å². The summed E-state index contributed by atoms with van der Waals surface area (Å²) in [5.74, 6) is 0. The monoisotopic (exact) mass is 327 g/mol. The molecule has 0 amide bonds. The van der Waals surface area contributed by atoms with Crippen molar-refractivity contribution in [1.29, 1.82) is 0 Å². The Morgan fingerprint density at radius 3 is 2.83 bits per heavy atom. The van der Waals surface area contributed by atoms with Crippen LogP contribution in [0.3, 0.4) is 0 Å². The SMILES string of the molecule is CCCNC(Cc1ccc(Br)s1)c1ccn(C)n1. The number of thiophene rings is 1. The molecule has 0 spiro atoms. The van der Waals surface area contributed by atoms with Gasteiger partial charge in [0, 0.05) is 24.5 Å². The molecule has 0 saturated heterocycles. The first-order valence-corrected chi connectivity index (χ1v) is 7.77. The van der Waals surface area contributed by atoms with Crippen molar-refractivity contribution in [3.8, 4) is 0 Å². The molecule has 2 heterocycles. The van der Waals surface area contributed by atoms with E-state index in [0.29, 0.717) is 6.04 Å². The second kappa shape index (κ2) is 6.50. The van der Waals surface area contributed by atoms with E-state index in [4.69, 9.17) is 0 Å². The van der Waals surface area contributed by atoms with Gasteiger partial charge in [0.1, 0.15) is 0 Å². The molecule has 0 saturated carbocycles. The zero-order valence-corrected chi connectivity index (χ0v) is 13.1. The molecule has 0 fully saturated rings. The minimum atomic E-state index is 0.302. The Bertz CT molecular complexity index is 492. The lowest BCUT2D eigenvalue weighted by molar-refractivity contribution is 0.513. The summed E-state index contributed by atoms with van der Waals surface area (Å²) in [5.41, 5.74) is 1.12. The predicted molar refractivity (Wildman–Crippen MR) is 80.0 cm³/mol. The number of aromatic nitrogens is 2. The number of halogens is 1. The fourth-order valence-electron chi connectivity index (χ4n) is 1.88. The van der Waals surface area contributed by atoms with Gasteiger partial charge in [-0.25, -0.2) is 0 Å². The number of rotatable bonds is 6. The largest absolute Gasteiger partial charge is 0.308 e. The van der Waals surface area contributed by atoms with E-state index in [-0.39, 0.29) is 0 Å². The molecule has 0 aliphatic heterocycles. The molecule has 2 rings (SSSR count). The fourth-order valence-corrected chi connectivity index (χ4v) is 3.41.